The van der Waals surface area contributed by atoms with Crippen LogP contribution in [0.4, 0.5) is 4.39 Å². The minimum Gasteiger partial charge on any atom is -0.481 e. The molecule has 1 aromatic rings. The summed E-state index contributed by atoms with van der Waals surface area (Å²) in [6.45, 7) is 3.88. The molecular formula is C14H16FNO3. The summed E-state index contributed by atoms with van der Waals surface area (Å²) >= 11 is 0. The molecule has 1 amide bonds. The Morgan fingerprint density at radius 3 is 2.63 bits per heavy atom. The van der Waals surface area contributed by atoms with Gasteiger partial charge in [-0.25, -0.2) is 4.39 Å². The lowest BCUT2D eigenvalue weighted by molar-refractivity contribution is -0.142. The van der Waals surface area contributed by atoms with Gasteiger partial charge in [0.2, 0.25) is 0 Å². The third kappa shape index (κ3) is 2.45. The van der Waals surface area contributed by atoms with Gasteiger partial charge in [-0.1, -0.05) is 19.1 Å². The molecule has 102 valence electrons. The van der Waals surface area contributed by atoms with Gasteiger partial charge in [0.05, 0.1) is 11.5 Å². The maximum absolute atomic E-state index is 13.9. The Morgan fingerprint density at radius 1 is 1.37 bits per heavy atom. The van der Waals surface area contributed by atoms with Crippen LogP contribution in [0.3, 0.4) is 0 Å². The molecule has 1 aromatic carbocycles. The number of amides is 1. The molecule has 0 saturated carbocycles. The largest absolute Gasteiger partial charge is 0.481 e. The van der Waals surface area contributed by atoms with Crippen molar-refractivity contribution in [3.05, 3.63) is 35.1 Å². The fraction of sp³-hybridized carbons (Fsp3) is 0.429. The Kier molecular flexibility index (Phi) is 3.55. The highest BCUT2D eigenvalue weighted by Gasteiger charge is 2.37. The van der Waals surface area contributed by atoms with E-state index >= 15 is 0 Å². The lowest BCUT2D eigenvalue weighted by atomic mass is 9.99. The number of aliphatic carboxylic acids is 1. The molecule has 1 aliphatic heterocycles. The number of carbonyl (C=O) groups is 2. The van der Waals surface area contributed by atoms with Gasteiger partial charge >= 0.3 is 5.97 Å². The number of aryl methyl sites for hydroxylation is 1. The third-order valence-corrected chi connectivity index (χ3v) is 3.64. The standard InChI is InChI=1S/C14H16FNO3/c1-8-4-3-5-10(12(8)15)13(17)16-6-9(2)11(7-16)14(18)19/h3-5,9,11H,6-7H2,1-2H3,(H,18,19)/t9-,11-/m1/s1. The predicted octanol–water partition coefficient (Wildman–Crippen LogP) is 1.93. The molecule has 2 rings (SSSR count). The zero-order valence-electron chi connectivity index (χ0n) is 10.9. The molecule has 0 spiro atoms. The molecule has 19 heavy (non-hydrogen) atoms. The van der Waals surface area contributed by atoms with Crippen LogP contribution < -0.4 is 0 Å². The van der Waals surface area contributed by atoms with Crippen LogP contribution in [0.1, 0.15) is 22.8 Å². The first-order valence-corrected chi connectivity index (χ1v) is 6.19. The van der Waals surface area contributed by atoms with Gasteiger partial charge in [-0.2, -0.15) is 0 Å². The number of nitrogens with zero attached hydrogens (tertiary/aromatic N) is 1. The van der Waals surface area contributed by atoms with Crippen molar-refractivity contribution >= 4 is 11.9 Å². The fourth-order valence-electron chi connectivity index (χ4n) is 2.44. The van der Waals surface area contributed by atoms with Gasteiger partial charge in [-0.05, 0) is 24.5 Å². The van der Waals surface area contributed by atoms with Crippen LogP contribution in [0, 0.1) is 24.6 Å². The molecule has 1 saturated heterocycles. The predicted molar refractivity (Wildman–Crippen MR) is 67.3 cm³/mol. The lowest BCUT2D eigenvalue weighted by Gasteiger charge is -2.16. The molecule has 1 heterocycles. The summed E-state index contributed by atoms with van der Waals surface area (Å²) < 4.78 is 13.9. The van der Waals surface area contributed by atoms with Crippen molar-refractivity contribution in [1.29, 1.82) is 0 Å². The van der Waals surface area contributed by atoms with Crippen molar-refractivity contribution in [3.63, 3.8) is 0 Å². The lowest BCUT2D eigenvalue weighted by Crippen LogP contribution is -2.30. The quantitative estimate of drug-likeness (QED) is 0.888. The number of carbonyl (C=O) groups excluding carboxylic acids is 1. The van der Waals surface area contributed by atoms with Crippen LogP contribution in [0.15, 0.2) is 18.2 Å². The van der Waals surface area contributed by atoms with Crippen molar-refractivity contribution < 1.29 is 19.1 Å². The number of hydrogen-bond acceptors (Lipinski definition) is 2. The molecule has 0 aromatic heterocycles. The highest BCUT2D eigenvalue weighted by atomic mass is 19.1. The zero-order chi connectivity index (χ0) is 14.2. The van der Waals surface area contributed by atoms with Crippen molar-refractivity contribution in [2.24, 2.45) is 11.8 Å². The summed E-state index contributed by atoms with van der Waals surface area (Å²) in [5.41, 5.74) is 0.422. The van der Waals surface area contributed by atoms with E-state index in [0.29, 0.717) is 12.1 Å². The van der Waals surface area contributed by atoms with Crippen LogP contribution in [0.5, 0.6) is 0 Å². The summed E-state index contributed by atoms with van der Waals surface area (Å²) in [5, 5.41) is 9.04. The Morgan fingerprint density at radius 2 is 2.05 bits per heavy atom. The van der Waals surface area contributed by atoms with Crippen LogP contribution in [0.2, 0.25) is 0 Å². The van der Waals surface area contributed by atoms with Crippen LogP contribution in [-0.4, -0.2) is 35.0 Å². The van der Waals surface area contributed by atoms with Gasteiger partial charge in [-0.3, -0.25) is 9.59 Å². The smallest absolute Gasteiger partial charge is 0.308 e. The summed E-state index contributed by atoms with van der Waals surface area (Å²) in [6, 6.07) is 4.65. The number of carboxylic acids is 1. The second-order valence-corrected chi connectivity index (χ2v) is 5.07. The molecule has 5 heteroatoms. The molecule has 0 radical (unpaired) electrons. The van der Waals surface area contributed by atoms with Crippen molar-refractivity contribution in [2.45, 2.75) is 13.8 Å². The average molecular weight is 265 g/mol. The Bertz CT molecular complexity index is 529. The third-order valence-electron chi connectivity index (χ3n) is 3.64. The zero-order valence-corrected chi connectivity index (χ0v) is 10.9. The second kappa shape index (κ2) is 4.99. The molecule has 0 bridgehead atoms. The number of likely N-dealkylation sites (tertiary alicyclic amines) is 1. The summed E-state index contributed by atoms with van der Waals surface area (Å²) in [7, 11) is 0. The number of benzene rings is 1. The first-order valence-electron chi connectivity index (χ1n) is 6.19. The Labute approximate surface area is 110 Å². The van der Waals surface area contributed by atoms with Crippen LogP contribution in [-0.2, 0) is 4.79 Å². The van der Waals surface area contributed by atoms with Gasteiger partial charge in [0.25, 0.3) is 5.91 Å². The van der Waals surface area contributed by atoms with E-state index in [-0.39, 0.29) is 18.0 Å². The molecule has 4 nitrogen and oxygen atoms in total. The molecule has 1 N–H and O–H groups in total. The van der Waals surface area contributed by atoms with E-state index in [0.717, 1.165) is 0 Å². The SMILES string of the molecule is Cc1cccc(C(=O)N2C[C@@H](C)[C@H](C(=O)O)C2)c1F. The normalized spacial score (nSPS) is 22.6. The van der Waals surface area contributed by atoms with Gasteiger partial charge < -0.3 is 10.0 Å². The Balaban J connectivity index is 2.22. The fourth-order valence-corrected chi connectivity index (χ4v) is 2.44. The van der Waals surface area contributed by atoms with Crippen molar-refractivity contribution in [1.82, 2.24) is 4.90 Å². The first-order chi connectivity index (χ1) is 8.91. The summed E-state index contributed by atoms with van der Waals surface area (Å²) in [6.07, 6.45) is 0. The van der Waals surface area contributed by atoms with Crippen molar-refractivity contribution in [2.75, 3.05) is 13.1 Å². The van der Waals surface area contributed by atoms with Crippen LogP contribution in [0.25, 0.3) is 0 Å². The van der Waals surface area contributed by atoms with Gasteiger partial charge in [-0.15, -0.1) is 0 Å². The maximum Gasteiger partial charge on any atom is 0.308 e. The van der Waals surface area contributed by atoms with E-state index in [1.54, 1.807) is 26.0 Å². The topological polar surface area (TPSA) is 57.6 Å². The number of rotatable bonds is 2. The maximum atomic E-state index is 13.9. The number of halogens is 1. The second-order valence-electron chi connectivity index (χ2n) is 5.07. The molecule has 1 aliphatic rings. The van der Waals surface area contributed by atoms with Gasteiger partial charge in [0.1, 0.15) is 5.82 Å². The van der Waals surface area contributed by atoms with Crippen LogP contribution >= 0.6 is 0 Å². The Hall–Kier alpha value is -1.91. The van der Waals surface area contributed by atoms with E-state index in [2.05, 4.69) is 0 Å². The van der Waals surface area contributed by atoms with E-state index in [4.69, 9.17) is 5.11 Å². The van der Waals surface area contributed by atoms with E-state index in [1.165, 1.54) is 11.0 Å². The summed E-state index contributed by atoms with van der Waals surface area (Å²) in [5.74, 6) is -2.56. The van der Waals surface area contributed by atoms with E-state index < -0.39 is 23.6 Å². The first kappa shape index (κ1) is 13.5. The van der Waals surface area contributed by atoms with Crippen molar-refractivity contribution in [3.8, 4) is 0 Å². The van der Waals surface area contributed by atoms with E-state index in [1.807, 2.05) is 0 Å². The molecule has 0 aliphatic carbocycles. The van der Waals surface area contributed by atoms with Gasteiger partial charge in [0, 0.05) is 13.1 Å². The minimum atomic E-state index is -0.910. The molecule has 1 fully saturated rings. The highest BCUT2D eigenvalue weighted by Crippen LogP contribution is 2.25. The highest BCUT2D eigenvalue weighted by molar-refractivity contribution is 5.95. The number of hydrogen-bond donors (Lipinski definition) is 1. The molecular weight excluding hydrogens is 249 g/mol. The molecule has 2 atom stereocenters. The average Bonchev–Trinajstić information content (AvgIpc) is 2.74. The van der Waals surface area contributed by atoms with E-state index in [9.17, 15) is 14.0 Å². The molecule has 0 unspecified atom stereocenters. The van der Waals surface area contributed by atoms with Gasteiger partial charge in [0.15, 0.2) is 0 Å². The monoisotopic (exact) mass is 265 g/mol. The summed E-state index contributed by atoms with van der Waals surface area (Å²) in [4.78, 5) is 24.7. The minimum absolute atomic E-state index is 0.0123. The number of carboxylic acid groups (broad SMARTS) is 1.